The summed E-state index contributed by atoms with van der Waals surface area (Å²) in [5.74, 6) is 0.406. The topological polar surface area (TPSA) is 133 Å². The van der Waals surface area contributed by atoms with E-state index in [1.807, 2.05) is 0 Å². The molecule has 0 aromatic carbocycles. The second-order valence-electron chi connectivity index (χ2n) is 4.64. The van der Waals surface area contributed by atoms with Crippen LogP contribution in [0.1, 0.15) is 12.8 Å². The van der Waals surface area contributed by atoms with Crippen LogP contribution in [0.25, 0.3) is 10.4 Å². The quantitative estimate of drug-likeness (QED) is 0.289. The average molecular weight is 281 g/mol. The van der Waals surface area contributed by atoms with E-state index in [-0.39, 0.29) is 5.69 Å². The Labute approximate surface area is 114 Å². The monoisotopic (exact) mass is 281 g/mol. The molecule has 0 unspecified atom stereocenters. The molecule has 0 spiro atoms. The number of aliphatic hydroxyl groups is 1. The molecule has 1 fully saturated rings. The Morgan fingerprint density at radius 1 is 1.60 bits per heavy atom. The van der Waals surface area contributed by atoms with Crippen molar-refractivity contribution in [1.29, 1.82) is 0 Å². The zero-order chi connectivity index (χ0) is 14.7. The summed E-state index contributed by atoms with van der Waals surface area (Å²) in [7, 11) is 1.63. The first-order valence-electron chi connectivity index (χ1n) is 6.18. The van der Waals surface area contributed by atoms with E-state index in [2.05, 4.69) is 15.1 Å². The molecular weight excluding hydrogens is 266 g/mol. The minimum atomic E-state index is -0.733. The molecule has 10 nitrogen and oxygen atoms in total. The van der Waals surface area contributed by atoms with Gasteiger partial charge in [-0.05, 0) is 18.4 Å². The summed E-state index contributed by atoms with van der Waals surface area (Å²) in [5.41, 5.74) is 8.40. The molecule has 1 aromatic rings. The van der Waals surface area contributed by atoms with Crippen LogP contribution in [0.5, 0.6) is 0 Å². The highest BCUT2D eigenvalue weighted by Gasteiger charge is 2.29. The largest absolute Gasteiger partial charge is 0.393 e. The Kier molecular flexibility index (Phi) is 4.06. The summed E-state index contributed by atoms with van der Waals surface area (Å²) in [6.45, 7) is 0.903. The minimum absolute atomic E-state index is 0.0655. The van der Waals surface area contributed by atoms with Crippen molar-refractivity contribution in [1.82, 2.24) is 9.78 Å². The lowest BCUT2D eigenvalue weighted by molar-refractivity contribution is -0.384. The van der Waals surface area contributed by atoms with E-state index in [9.17, 15) is 15.2 Å². The molecule has 1 saturated heterocycles. The first kappa shape index (κ1) is 14.1. The molecule has 0 aliphatic carbocycles. The van der Waals surface area contributed by atoms with Gasteiger partial charge in [0.25, 0.3) is 0 Å². The second kappa shape index (κ2) is 5.76. The van der Waals surface area contributed by atoms with Gasteiger partial charge in [-0.3, -0.25) is 10.1 Å². The average Bonchev–Trinajstić information content (AvgIpc) is 2.70. The molecule has 0 bridgehead atoms. The SMILES string of the molecule is Cn1ncc([N+](=O)[O-])c1N1CC[C@@H](O)[C@@H](N=[N+]=[N-])CC1. The van der Waals surface area contributed by atoms with Gasteiger partial charge in [0.05, 0.1) is 17.1 Å². The van der Waals surface area contributed by atoms with Gasteiger partial charge in [0.15, 0.2) is 0 Å². The summed E-state index contributed by atoms with van der Waals surface area (Å²) in [6, 6.07) is -0.503. The standard InChI is InChI=1S/C10H15N7O3/c1-15-10(8(6-12-15)17(19)20)16-4-2-7(13-14-11)9(18)3-5-16/h6-7,9,18H,2-5H2,1H3/t7-,9+/m0/s1. The van der Waals surface area contributed by atoms with Crippen molar-refractivity contribution in [3.8, 4) is 0 Å². The van der Waals surface area contributed by atoms with Crippen molar-refractivity contribution in [3.63, 3.8) is 0 Å². The van der Waals surface area contributed by atoms with Crippen LogP contribution < -0.4 is 4.90 Å². The third-order valence-corrected chi connectivity index (χ3v) is 3.42. The number of hydrogen-bond acceptors (Lipinski definition) is 6. The van der Waals surface area contributed by atoms with E-state index in [4.69, 9.17) is 5.53 Å². The molecule has 1 aliphatic heterocycles. The van der Waals surface area contributed by atoms with Crippen LogP contribution in [0.3, 0.4) is 0 Å². The Hall–Kier alpha value is -2.32. The molecule has 1 aromatic heterocycles. The van der Waals surface area contributed by atoms with Gasteiger partial charge < -0.3 is 10.0 Å². The van der Waals surface area contributed by atoms with E-state index in [1.165, 1.54) is 10.9 Å². The predicted octanol–water partition coefficient (Wildman–Crippen LogP) is 0.968. The van der Waals surface area contributed by atoms with E-state index in [1.54, 1.807) is 11.9 Å². The summed E-state index contributed by atoms with van der Waals surface area (Å²) in [5, 5.41) is 28.4. The van der Waals surface area contributed by atoms with Crippen LogP contribution in [0.15, 0.2) is 11.3 Å². The van der Waals surface area contributed by atoms with Gasteiger partial charge in [0.2, 0.25) is 5.82 Å². The molecule has 108 valence electrons. The zero-order valence-corrected chi connectivity index (χ0v) is 11.0. The van der Waals surface area contributed by atoms with Crippen LogP contribution >= 0.6 is 0 Å². The number of nitro groups is 1. The highest BCUT2D eigenvalue weighted by Crippen LogP contribution is 2.29. The fraction of sp³-hybridized carbons (Fsp3) is 0.700. The lowest BCUT2D eigenvalue weighted by Crippen LogP contribution is -2.27. The van der Waals surface area contributed by atoms with Crippen molar-refractivity contribution in [2.75, 3.05) is 18.0 Å². The number of anilines is 1. The van der Waals surface area contributed by atoms with E-state index >= 15 is 0 Å². The van der Waals surface area contributed by atoms with Gasteiger partial charge in [0, 0.05) is 25.0 Å². The Bertz CT molecular complexity index is 551. The van der Waals surface area contributed by atoms with Crippen LogP contribution in [0.4, 0.5) is 11.5 Å². The Balaban J connectivity index is 2.24. The van der Waals surface area contributed by atoms with Gasteiger partial charge in [-0.15, -0.1) is 0 Å². The molecule has 10 heteroatoms. The Morgan fingerprint density at radius 3 is 2.95 bits per heavy atom. The number of aromatic nitrogens is 2. The number of nitrogens with zero attached hydrogens (tertiary/aromatic N) is 7. The maximum atomic E-state index is 11.0. The van der Waals surface area contributed by atoms with Gasteiger partial charge in [-0.25, -0.2) is 4.68 Å². The highest BCUT2D eigenvalue weighted by molar-refractivity contribution is 5.57. The fourth-order valence-corrected chi connectivity index (χ4v) is 2.40. The first-order valence-corrected chi connectivity index (χ1v) is 6.18. The predicted molar refractivity (Wildman–Crippen MR) is 70.3 cm³/mol. The fourth-order valence-electron chi connectivity index (χ4n) is 2.40. The third-order valence-electron chi connectivity index (χ3n) is 3.42. The molecule has 0 saturated carbocycles. The third kappa shape index (κ3) is 2.65. The summed E-state index contributed by atoms with van der Waals surface area (Å²) in [4.78, 5) is 15.0. The van der Waals surface area contributed by atoms with Crippen LogP contribution in [0.2, 0.25) is 0 Å². The number of aryl methyl sites for hydroxylation is 1. The molecule has 1 aliphatic rings. The molecular formula is C10H15N7O3. The molecule has 0 radical (unpaired) electrons. The molecule has 2 heterocycles. The van der Waals surface area contributed by atoms with Gasteiger partial charge in [-0.1, -0.05) is 5.11 Å². The smallest absolute Gasteiger partial charge is 0.331 e. The lowest BCUT2D eigenvalue weighted by atomic mass is 10.1. The van der Waals surface area contributed by atoms with Gasteiger partial charge in [0.1, 0.15) is 6.20 Å². The molecule has 0 amide bonds. The highest BCUT2D eigenvalue weighted by atomic mass is 16.6. The van der Waals surface area contributed by atoms with Gasteiger partial charge in [-0.2, -0.15) is 5.10 Å². The van der Waals surface area contributed by atoms with Crippen molar-refractivity contribution in [2.24, 2.45) is 12.2 Å². The second-order valence-corrected chi connectivity index (χ2v) is 4.64. The van der Waals surface area contributed by atoms with Crippen LogP contribution in [-0.2, 0) is 7.05 Å². The number of rotatable bonds is 3. The van der Waals surface area contributed by atoms with Gasteiger partial charge >= 0.3 is 5.69 Å². The van der Waals surface area contributed by atoms with E-state index in [0.717, 1.165) is 0 Å². The normalized spacial score (nSPS) is 23.0. The van der Waals surface area contributed by atoms with Crippen LogP contribution in [0, 0.1) is 10.1 Å². The number of hydrogen-bond donors (Lipinski definition) is 1. The molecule has 2 rings (SSSR count). The zero-order valence-electron chi connectivity index (χ0n) is 11.0. The summed E-state index contributed by atoms with van der Waals surface area (Å²) >= 11 is 0. The minimum Gasteiger partial charge on any atom is -0.393 e. The lowest BCUT2D eigenvalue weighted by Gasteiger charge is -2.21. The van der Waals surface area contributed by atoms with E-state index < -0.39 is 17.1 Å². The van der Waals surface area contributed by atoms with Crippen LogP contribution in [-0.4, -0.2) is 45.0 Å². The molecule has 20 heavy (non-hydrogen) atoms. The number of aliphatic hydroxyl groups excluding tert-OH is 1. The maximum absolute atomic E-state index is 11.0. The molecule has 2 atom stereocenters. The number of azide groups is 1. The molecule has 1 N–H and O–H groups in total. The van der Waals surface area contributed by atoms with Crippen molar-refractivity contribution in [3.05, 3.63) is 26.8 Å². The Morgan fingerprint density at radius 2 is 2.30 bits per heavy atom. The summed E-state index contributed by atoms with van der Waals surface area (Å²) in [6.07, 6.45) is 1.30. The van der Waals surface area contributed by atoms with E-state index in [0.29, 0.717) is 31.7 Å². The maximum Gasteiger partial charge on any atom is 0.331 e. The first-order chi connectivity index (χ1) is 9.54. The van der Waals surface area contributed by atoms with Crippen molar-refractivity contribution in [2.45, 2.75) is 25.0 Å². The summed E-state index contributed by atoms with van der Waals surface area (Å²) < 4.78 is 1.44. The van der Waals surface area contributed by atoms with Crippen molar-refractivity contribution < 1.29 is 10.0 Å². The van der Waals surface area contributed by atoms with Crippen molar-refractivity contribution >= 4 is 11.5 Å².